The predicted octanol–water partition coefficient (Wildman–Crippen LogP) is 3.76. The number of benzene rings is 3. The Balaban J connectivity index is 1.93. The van der Waals surface area contributed by atoms with Crippen molar-refractivity contribution in [1.82, 2.24) is 4.31 Å². The van der Waals surface area contributed by atoms with Gasteiger partial charge in [0.1, 0.15) is 0 Å². The van der Waals surface area contributed by atoms with Gasteiger partial charge in [-0.3, -0.25) is 4.79 Å². The lowest BCUT2D eigenvalue weighted by Crippen LogP contribution is -2.35. The van der Waals surface area contributed by atoms with E-state index in [1.807, 2.05) is 36.4 Å². The molecular formula is C21H19NO3S. The van der Waals surface area contributed by atoms with E-state index in [1.165, 1.54) is 4.31 Å². The quantitative estimate of drug-likeness (QED) is 0.599. The summed E-state index contributed by atoms with van der Waals surface area (Å²) in [6, 6.07) is 26.2. The number of ketones is 1. The van der Waals surface area contributed by atoms with Crippen LogP contribution in [0.15, 0.2) is 95.9 Å². The third-order valence-corrected chi connectivity index (χ3v) is 5.80. The molecule has 0 saturated carbocycles. The number of hydrogen-bond acceptors (Lipinski definition) is 3. The zero-order valence-electron chi connectivity index (χ0n) is 14.2. The van der Waals surface area contributed by atoms with E-state index in [4.69, 9.17) is 0 Å². The van der Waals surface area contributed by atoms with Crippen LogP contribution in [0, 0.1) is 0 Å². The van der Waals surface area contributed by atoms with Crippen LogP contribution in [0.4, 0.5) is 0 Å². The fraction of sp³-hybridized carbons (Fsp3) is 0.0952. The van der Waals surface area contributed by atoms with Gasteiger partial charge in [-0.1, -0.05) is 78.9 Å². The van der Waals surface area contributed by atoms with Crippen molar-refractivity contribution < 1.29 is 13.2 Å². The Hall–Kier alpha value is -2.76. The van der Waals surface area contributed by atoms with E-state index in [0.717, 1.165) is 5.56 Å². The standard InChI is InChI=1S/C21H19NO3S/c23-21(19-12-6-2-7-13-19)17-22(16-18-10-4-1-5-11-18)26(24,25)20-14-8-3-9-15-20/h1-15H,16-17H2. The van der Waals surface area contributed by atoms with Crippen LogP contribution >= 0.6 is 0 Å². The lowest BCUT2D eigenvalue weighted by atomic mass is 10.1. The second-order valence-electron chi connectivity index (χ2n) is 5.86. The van der Waals surface area contributed by atoms with Crippen molar-refractivity contribution in [2.45, 2.75) is 11.4 Å². The molecule has 0 aliphatic rings. The van der Waals surface area contributed by atoms with Gasteiger partial charge in [-0.05, 0) is 17.7 Å². The monoisotopic (exact) mass is 365 g/mol. The van der Waals surface area contributed by atoms with Gasteiger partial charge in [0.05, 0.1) is 11.4 Å². The van der Waals surface area contributed by atoms with Gasteiger partial charge >= 0.3 is 0 Å². The fourth-order valence-corrected chi connectivity index (χ4v) is 4.04. The number of hydrogen-bond donors (Lipinski definition) is 0. The van der Waals surface area contributed by atoms with E-state index in [0.29, 0.717) is 5.56 Å². The Labute approximate surface area is 153 Å². The molecule has 26 heavy (non-hydrogen) atoms. The highest BCUT2D eigenvalue weighted by molar-refractivity contribution is 7.89. The van der Waals surface area contributed by atoms with E-state index in [9.17, 15) is 13.2 Å². The zero-order valence-corrected chi connectivity index (χ0v) is 15.0. The molecule has 4 nitrogen and oxygen atoms in total. The SMILES string of the molecule is O=C(CN(Cc1ccccc1)S(=O)(=O)c1ccccc1)c1ccccc1. The van der Waals surface area contributed by atoms with Crippen molar-refractivity contribution in [1.29, 1.82) is 0 Å². The van der Waals surface area contributed by atoms with Crippen LogP contribution in [0.25, 0.3) is 0 Å². The van der Waals surface area contributed by atoms with Crippen LogP contribution in [0.3, 0.4) is 0 Å². The van der Waals surface area contributed by atoms with Gasteiger partial charge in [0, 0.05) is 12.1 Å². The molecule has 0 saturated heterocycles. The maximum Gasteiger partial charge on any atom is 0.243 e. The number of carbonyl (C=O) groups excluding carboxylic acids is 1. The van der Waals surface area contributed by atoms with E-state index in [-0.39, 0.29) is 23.8 Å². The molecule has 0 aromatic heterocycles. The molecule has 0 spiro atoms. The second kappa shape index (κ2) is 8.08. The highest BCUT2D eigenvalue weighted by Gasteiger charge is 2.27. The molecule has 3 aromatic carbocycles. The van der Waals surface area contributed by atoms with Crippen molar-refractivity contribution in [3.8, 4) is 0 Å². The first-order valence-electron chi connectivity index (χ1n) is 8.25. The molecular weight excluding hydrogens is 346 g/mol. The number of nitrogens with zero attached hydrogens (tertiary/aromatic N) is 1. The molecule has 3 aromatic rings. The molecule has 0 radical (unpaired) electrons. The first kappa shape index (κ1) is 18.0. The van der Waals surface area contributed by atoms with Crippen molar-refractivity contribution in [3.63, 3.8) is 0 Å². The molecule has 0 aliphatic heterocycles. The molecule has 132 valence electrons. The molecule has 0 aliphatic carbocycles. The summed E-state index contributed by atoms with van der Waals surface area (Å²) in [6.45, 7) is -0.0766. The van der Waals surface area contributed by atoms with Crippen LogP contribution < -0.4 is 0 Å². The average molecular weight is 365 g/mol. The number of Topliss-reactive ketones (excluding diaryl/α,β-unsaturated/α-hetero) is 1. The summed E-state index contributed by atoms with van der Waals surface area (Å²) in [7, 11) is -3.79. The number of sulfonamides is 1. The smallest absolute Gasteiger partial charge is 0.243 e. The van der Waals surface area contributed by atoms with Crippen molar-refractivity contribution in [2.24, 2.45) is 0 Å². The molecule has 0 heterocycles. The van der Waals surface area contributed by atoms with Crippen molar-refractivity contribution >= 4 is 15.8 Å². The Morgan fingerprint density at radius 2 is 1.23 bits per heavy atom. The summed E-state index contributed by atoms with van der Waals surface area (Å²) in [6.07, 6.45) is 0. The first-order valence-corrected chi connectivity index (χ1v) is 9.69. The molecule has 5 heteroatoms. The lowest BCUT2D eigenvalue weighted by molar-refractivity contribution is 0.0964. The van der Waals surface area contributed by atoms with Crippen molar-refractivity contribution in [2.75, 3.05) is 6.54 Å². The molecule has 0 unspecified atom stereocenters. The predicted molar refractivity (Wildman–Crippen MR) is 101 cm³/mol. The molecule has 0 fully saturated rings. The van der Waals surface area contributed by atoms with Gasteiger partial charge < -0.3 is 0 Å². The Morgan fingerprint density at radius 3 is 1.81 bits per heavy atom. The molecule has 3 rings (SSSR count). The summed E-state index contributed by atoms with van der Waals surface area (Å²) in [4.78, 5) is 12.8. The maximum absolute atomic E-state index is 13.1. The van der Waals surface area contributed by atoms with Gasteiger partial charge in [-0.25, -0.2) is 8.42 Å². The number of rotatable bonds is 7. The van der Waals surface area contributed by atoms with Crippen LogP contribution in [0.2, 0.25) is 0 Å². The largest absolute Gasteiger partial charge is 0.293 e. The van der Waals surface area contributed by atoms with Gasteiger partial charge in [-0.2, -0.15) is 4.31 Å². The summed E-state index contributed by atoms with van der Waals surface area (Å²) in [5.41, 5.74) is 1.32. The van der Waals surface area contributed by atoms with E-state index >= 15 is 0 Å². The van der Waals surface area contributed by atoms with Gasteiger partial charge in [0.25, 0.3) is 0 Å². The van der Waals surface area contributed by atoms with Gasteiger partial charge in [0.2, 0.25) is 10.0 Å². The van der Waals surface area contributed by atoms with Crippen LogP contribution in [-0.4, -0.2) is 25.1 Å². The Bertz CT molecular complexity index is 956. The minimum atomic E-state index is -3.79. The summed E-state index contributed by atoms with van der Waals surface area (Å²) in [5.74, 6) is -0.235. The minimum absolute atomic E-state index is 0.136. The minimum Gasteiger partial charge on any atom is -0.293 e. The van der Waals surface area contributed by atoms with Crippen LogP contribution in [0.5, 0.6) is 0 Å². The molecule has 0 bridgehead atoms. The van der Waals surface area contributed by atoms with Crippen molar-refractivity contribution in [3.05, 3.63) is 102 Å². The summed E-state index contributed by atoms with van der Waals surface area (Å²) >= 11 is 0. The maximum atomic E-state index is 13.1. The molecule has 0 N–H and O–H groups in total. The molecule has 0 atom stereocenters. The normalized spacial score (nSPS) is 11.4. The van der Waals surface area contributed by atoms with Gasteiger partial charge in [-0.15, -0.1) is 0 Å². The highest BCUT2D eigenvalue weighted by Crippen LogP contribution is 2.19. The topological polar surface area (TPSA) is 54.5 Å². The average Bonchev–Trinajstić information content (AvgIpc) is 2.69. The number of carbonyl (C=O) groups is 1. The zero-order chi connectivity index (χ0) is 18.4. The third kappa shape index (κ3) is 4.25. The van der Waals surface area contributed by atoms with E-state index in [2.05, 4.69) is 0 Å². The lowest BCUT2D eigenvalue weighted by Gasteiger charge is -2.22. The summed E-state index contributed by atoms with van der Waals surface area (Å²) < 4.78 is 27.4. The molecule has 0 amide bonds. The Kier molecular flexibility index (Phi) is 5.61. The van der Waals surface area contributed by atoms with E-state index < -0.39 is 10.0 Å². The van der Waals surface area contributed by atoms with E-state index in [1.54, 1.807) is 54.6 Å². The van der Waals surface area contributed by atoms with Crippen LogP contribution in [0.1, 0.15) is 15.9 Å². The Morgan fingerprint density at radius 1 is 0.731 bits per heavy atom. The van der Waals surface area contributed by atoms with Gasteiger partial charge in [0.15, 0.2) is 5.78 Å². The highest BCUT2D eigenvalue weighted by atomic mass is 32.2. The van der Waals surface area contributed by atoms with Crippen LogP contribution in [-0.2, 0) is 16.6 Å². The third-order valence-electron chi connectivity index (χ3n) is 4.00. The second-order valence-corrected chi connectivity index (χ2v) is 7.80. The summed E-state index contributed by atoms with van der Waals surface area (Å²) in [5, 5.41) is 0. The fourth-order valence-electron chi connectivity index (χ4n) is 2.63. The first-order chi connectivity index (χ1) is 12.6.